The Balaban J connectivity index is 1.66. The van der Waals surface area contributed by atoms with Gasteiger partial charge >= 0.3 is 0 Å². The quantitative estimate of drug-likeness (QED) is 0.635. The first kappa shape index (κ1) is 14.3. The van der Waals surface area contributed by atoms with Gasteiger partial charge in [0, 0.05) is 31.1 Å². The SMILES string of the molecule is CN=C(NCCc1cccs1)NCC1CCCN1C. The van der Waals surface area contributed by atoms with Crippen molar-refractivity contribution < 1.29 is 0 Å². The van der Waals surface area contributed by atoms with Crippen LogP contribution in [0.1, 0.15) is 17.7 Å². The molecule has 2 N–H and O–H groups in total. The van der Waals surface area contributed by atoms with Gasteiger partial charge in [0.25, 0.3) is 0 Å². The average Bonchev–Trinajstić information content (AvgIpc) is 3.05. The second-order valence-electron chi connectivity index (χ2n) is 4.99. The van der Waals surface area contributed by atoms with Crippen LogP contribution in [0.4, 0.5) is 0 Å². The summed E-state index contributed by atoms with van der Waals surface area (Å²) in [6, 6.07) is 4.93. The van der Waals surface area contributed by atoms with E-state index < -0.39 is 0 Å². The van der Waals surface area contributed by atoms with E-state index >= 15 is 0 Å². The molecule has 1 aliphatic heterocycles. The Morgan fingerprint density at radius 3 is 3.05 bits per heavy atom. The van der Waals surface area contributed by atoms with Gasteiger partial charge in [-0.05, 0) is 44.3 Å². The molecule has 5 heteroatoms. The first-order chi connectivity index (χ1) is 9.29. The summed E-state index contributed by atoms with van der Waals surface area (Å²) in [5, 5.41) is 8.92. The van der Waals surface area contributed by atoms with Crippen LogP contribution in [0.2, 0.25) is 0 Å². The summed E-state index contributed by atoms with van der Waals surface area (Å²) in [6.07, 6.45) is 3.66. The first-order valence-corrected chi connectivity index (χ1v) is 7.84. The maximum Gasteiger partial charge on any atom is 0.191 e. The van der Waals surface area contributed by atoms with Gasteiger partial charge in [-0.3, -0.25) is 4.99 Å². The zero-order valence-electron chi connectivity index (χ0n) is 11.9. The lowest BCUT2D eigenvalue weighted by molar-refractivity contribution is 0.309. The smallest absolute Gasteiger partial charge is 0.191 e. The summed E-state index contributed by atoms with van der Waals surface area (Å²) in [7, 11) is 4.03. The van der Waals surface area contributed by atoms with Gasteiger partial charge in [0.2, 0.25) is 0 Å². The molecular formula is C14H24N4S. The summed E-state index contributed by atoms with van der Waals surface area (Å²) in [4.78, 5) is 8.11. The molecule has 1 aromatic heterocycles. The van der Waals surface area contributed by atoms with Crippen LogP contribution in [0.15, 0.2) is 22.5 Å². The Kier molecular flexibility index (Phi) is 5.66. The van der Waals surface area contributed by atoms with Crippen LogP contribution in [-0.2, 0) is 6.42 Å². The second-order valence-corrected chi connectivity index (χ2v) is 6.02. The maximum atomic E-state index is 4.27. The second kappa shape index (κ2) is 7.50. The molecular weight excluding hydrogens is 256 g/mol. The lowest BCUT2D eigenvalue weighted by Crippen LogP contribution is -2.44. The van der Waals surface area contributed by atoms with E-state index in [4.69, 9.17) is 0 Å². The minimum Gasteiger partial charge on any atom is -0.356 e. The van der Waals surface area contributed by atoms with Crippen molar-refractivity contribution in [2.24, 2.45) is 4.99 Å². The molecule has 1 aromatic rings. The fourth-order valence-corrected chi connectivity index (χ4v) is 3.14. The number of rotatable bonds is 5. The molecule has 106 valence electrons. The van der Waals surface area contributed by atoms with E-state index in [2.05, 4.69) is 45.1 Å². The normalized spacial score (nSPS) is 20.7. The van der Waals surface area contributed by atoms with Gasteiger partial charge in [0.15, 0.2) is 5.96 Å². The zero-order valence-corrected chi connectivity index (χ0v) is 12.7. The molecule has 0 aliphatic carbocycles. The Labute approximate surface area is 119 Å². The molecule has 1 fully saturated rings. The first-order valence-electron chi connectivity index (χ1n) is 6.96. The number of guanidine groups is 1. The number of hydrogen-bond acceptors (Lipinski definition) is 3. The Morgan fingerprint density at radius 2 is 2.42 bits per heavy atom. The van der Waals surface area contributed by atoms with Crippen molar-refractivity contribution in [2.75, 3.05) is 33.7 Å². The number of thiophene rings is 1. The Morgan fingerprint density at radius 1 is 1.53 bits per heavy atom. The van der Waals surface area contributed by atoms with Crippen LogP contribution in [0, 0.1) is 0 Å². The van der Waals surface area contributed by atoms with E-state index in [-0.39, 0.29) is 0 Å². The molecule has 1 saturated heterocycles. The molecule has 0 aromatic carbocycles. The molecule has 1 unspecified atom stereocenters. The van der Waals surface area contributed by atoms with Crippen LogP contribution in [0.5, 0.6) is 0 Å². The predicted octanol–water partition coefficient (Wildman–Crippen LogP) is 1.55. The molecule has 2 heterocycles. The molecule has 4 nitrogen and oxygen atoms in total. The van der Waals surface area contributed by atoms with Gasteiger partial charge in [-0.15, -0.1) is 11.3 Å². The summed E-state index contributed by atoms with van der Waals surface area (Å²) >= 11 is 1.81. The highest BCUT2D eigenvalue weighted by molar-refractivity contribution is 7.09. The van der Waals surface area contributed by atoms with Crippen LogP contribution in [0.25, 0.3) is 0 Å². The van der Waals surface area contributed by atoms with E-state index in [1.54, 1.807) is 0 Å². The van der Waals surface area contributed by atoms with E-state index in [0.717, 1.165) is 25.5 Å². The standard InChI is InChI=1S/C14H24N4S/c1-15-14(16-8-7-13-6-4-10-19-13)17-11-12-5-3-9-18(12)2/h4,6,10,12H,3,5,7-9,11H2,1-2H3,(H2,15,16,17). The molecule has 1 atom stereocenters. The van der Waals surface area contributed by atoms with E-state index in [9.17, 15) is 0 Å². The Bertz CT molecular complexity index is 388. The summed E-state index contributed by atoms with van der Waals surface area (Å²) in [5.41, 5.74) is 0. The topological polar surface area (TPSA) is 39.7 Å². The van der Waals surface area contributed by atoms with Crippen molar-refractivity contribution in [3.8, 4) is 0 Å². The van der Waals surface area contributed by atoms with E-state index in [1.165, 1.54) is 24.3 Å². The molecule has 0 amide bonds. The number of likely N-dealkylation sites (tertiary alicyclic amines) is 1. The maximum absolute atomic E-state index is 4.27. The lowest BCUT2D eigenvalue weighted by atomic mass is 10.2. The molecule has 0 spiro atoms. The van der Waals surface area contributed by atoms with Gasteiger partial charge in [0.1, 0.15) is 0 Å². The summed E-state index contributed by atoms with van der Waals surface area (Å²) in [5.74, 6) is 0.914. The molecule has 19 heavy (non-hydrogen) atoms. The van der Waals surface area contributed by atoms with Crippen molar-refractivity contribution >= 4 is 17.3 Å². The zero-order chi connectivity index (χ0) is 13.5. The third kappa shape index (κ3) is 4.51. The predicted molar refractivity (Wildman–Crippen MR) is 83.0 cm³/mol. The minimum atomic E-state index is 0.649. The molecule has 0 saturated carbocycles. The fraction of sp³-hybridized carbons (Fsp3) is 0.643. The number of nitrogens with one attached hydrogen (secondary N) is 2. The van der Waals surface area contributed by atoms with Crippen LogP contribution >= 0.6 is 11.3 Å². The third-order valence-electron chi connectivity index (χ3n) is 3.64. The van der Waals surface area contributed by atoms with Gasteiger partial charge in [0.05, 0.1) is 0 Å². The molecule has 2 rings (SSSR count). The molecule has 0 bridgehead atoms. The molecule has 1 aliphatic rings. The highest BCUT2D eigenvalue weighted by Crippen LogP contribution is 2.13. The van der Waals surface area contributed by atoms with Crippen molar-refractivity contribution in [2.45, 2.75) is 25.3 Å². The van der Waals surface area contributed by atoms with Crippen molar-refractivity contribution in [3.05, 3.63) is 22.4 Å². The minimum absolute atomic E-state index is 0.649. The fourth-order valence-electron chi connectivity index (χ4n) is 2.43. The number of nitrogens with zero attached hydrogens (tertiary/aromatic N) is 2. The van der Waals surface area contributed by atoms with Crippen LogP contribution in [0.3, 0.4) is 0 Å². The van der Waals surface area contributed by atoms with Crippen LogP contribution in [-0.4, -0.2) is 50.6 Å². The summed E-state index contributed by atoms with van der Waals surface area (Å²) < 4.78 is 0. The van der Waals surface area contributed by atoms with Crippen LogP contribution < -0.4 is 10.6 Å². The highest BCUT2D eigenvalue weighted by atomic mass is 32.1. The third-order valence-corrected chi connectivity index (χ3v) is 4.58. The Hall–Kier alpha value is -1.07. The summed E-state index contributed by atoms with van der Waals surface area (Å²) in [6.45, 7) is 3.13. The number of aliphatic imine (C=N–C) groups is 1. The molecule has 0 radical (unpaired) electrons. The monoisotopic (exact) mass is 280 g/mol. The largest absolute Gasteiger partial charge is 0.356 e. The van der Waals surface area contributed by atoms with E-state index in [1.807, 2.05) is 18.4 Å². The number of likely N-dealkylation sites (N-methyl/N-ethyl adjacent to an activating group) is 1. The average molecular weight is 280 g/mol. The van der Waals surface area contributed by atoms with Gasteiger partial charge in [-0.2, -0.15) is 0 Å². The van der Waals surface area contributed by atoms with Gasteiger partial charge in [-0.1, -0.05) is 6.07 Å². The van der Waals surface area contributed by atoms with Crippen molar-refractivity contribution in [1.82, 2.24) is 15.5 Å². The lowest BCUT2D eigenvalue weighted by Gasteiger charge is -2.21. The van der Waals surface area contributed by atoms with Crippen molar-refractivity contribution in [3.63, 3.8) is 0 Å². The van der Waals surface area contributed by atoms with Gasteiger partial charge < -0.3 is 15.5 Å². The van der Waals surface area contributed by atoms with E-state index in [0.29, 0.717) is 6.04 Å². The highest BCUT2D eigenvalue weighted by Gasteiger charge is 2.20. The number of hydrogen-bond donors (Lipinski definition) is 2. The van der Waals surface area contributed by atoms with Gasteiger partial charge in [-0.25, -0.2) is 0 Å². The van der Waals surface area contributed by atoms with Crippen molar-refractivity contribution in [1.29, 1.82) is 0 Å².